The molecule has 1 saturated heterocycles. The number of aryl methyl sites for hydroxylation is 2. The Bertz CT molecular complexity index is 966. The van der Waals surface area contributed by atoms with Gasteiger partial charge in [-0.15, -0.1) is 0 Å². The van der Waals surface area contributed by atoms with Crippen molar-refractivity contribution in [3.05, 3.63) is 70.5 Å². The summed E-state index contributed by atoms with van der Waals surface area (Å²) >= 11 is 0. The molecule has 0 amide bonds. The zero-order chi connectivity index (χ0) is 25.9. The molecular formula is C30H42FNO4. The molecule has 36 heavy (non-hydrogen) atoms. The van der Waals surface area contributed by atoms with Crippen LogP contribution in [0.2, 0.25) is 0 Å². The van der Waals surface area contributed by atoms with Crippen LogP contribution in [0.4, 0.5) is 4.39 Å². The standard InChI is InChI=1S/C30H42FNO4/c1-22-15-16-24(19-29(22)31)18-26-12-9-17-32(26)20-27(33)21-36-23(2)28-13-8-7-11-25(28)10-5-4-6-14-30(34)35-3/h7-8,11,13,15-16,19,23,26-27,33H,4-6,9-10,12,14,17-18,20-21H2,1-3H3/t23-,26+,27-/m1/s1. The van der Waals surface area contributed by atoms with Gasteiger partial charge in [-0.05, 0) is 87.2 Å². The molecular weight excluding hydrogens is 457 g/mol. The number of aliphatic hydroxyl groups is 1. The molecule has 0 unspecified atom stereocenters. The van der Waals surface area contributed by atoms with Crippen molar-refractivity contribution in [1.29, 1.82) is 0 Å². The zero-order valence-electron chi connectivity index (χ0n) is 22.0. The first-order chi connectivity index (χ1) is 17.4. The third-order valence-electron chi connectivity index (χ3n) is 7.24. The predicted molar refractivity (Wildman–Crippen MR) is 140 cm³/mol. The van der Waals surface area contributed by atoms with Gasteiger partial charge in [0.05, 0.1) is 25.9 Å². The predicted octanol–water partition coefficient (Wildman–Crippen LogP) is 5.56. The number of aliphatic hydroxyl groups excluding tert-OH is 1. The van der Waals surface area contributed by atoms with E-state index in [1.807, 2.05) is 31.2 Å². The molecule has 0 bridgehead atoms. The Labute approximate surface area is 215 Å². The SMILES string of the molecule is COC(=O)CCCCCc1ccccc1[C@@H](C)OC[C@H](O)CN1CCC[C@H]1Cc1ccc(C)c(F)c1. The first kappa shape index (κ1) is 28.3. The summed E-state index contributed by atoms with van der Waals surface area (Å²) in [6, 6.07) is 14.1. The number of nitrogens with zero attached hydrogens (tertiary/aromatic N) is 1. The van der Waals surface area contributed by atoms with Crippen molar-refractivity contribution in [2.45, 2.75) is 83.5 Å². The molecule has 0 aliphatic carbocycles. The summed E-state index contributed by atoms with van der Waals surface area (Å²) in [4.78, 5) is 13.6. The fourth-order valence-electron chi connectivity index (χ4n) is 5.09. The molecule has 1 aliphatic rings. The van der Waals surface area contributed by atoms with Crippen molar-refractivity contribution in [1.82, 2.24) is 4.90 Å². The van der Waals surface area contributed by atoms with Gasteiger partial charge in [0.1, 0.15) is 5.82 Å². The van der Waals surface area contributed by atoms with Gasteiger partial charge in [0.25, 0.3) is 0 Å². The average Bonchev–Trinajstić information content (AvgIpc) is 3.30. The maximum Gasteiger partial charge on any atom is 0.305 e. The molecule has 0 saturated carbocycles. The molecule has 0 aromatic heterocycles. The van der Waals surface area contributed by atoms with E-state index in [2.05, 4.69) is 17.0 Å². The number of unbranched alkanes of at least 4 members (excludes halogenated alkanes) is 2. The van der Waals surface area contributed by atoms with Crippen molar-refractivity contribution in [2.75, 3.05) is 26.8 Å². The summed E-state index contributed by atoms with van der Waals surface area (Å²) < 4.78 is 24.8. The molecule has 198 valence electrons. The van der Waals surface area contributed by atoms with Crippen LogP contribution < -0.4 is 0 Å². The van der Waals surface area contributed by atoms with E-state index in [0.717, 1.165) is 62.6 Å². The van der Waals surface area contributed by atoms with Crippen LogP contribution in [-0.4, -0.2) is 54.9 Å². The second-order valence-corrected chi connectivity index (χ2v) is 10.0. The Balaban J connectivity index is 1.45. The number of β-amino-alcohol motifs (C(OH)–C–C–N with tert-alkyl or cyclic N) is 1. The number of hydrogen-bond donors (Lipinski definition) is 1. The van der Waals surface area contributed by atoms with E-state index in [4.69, 9.17) is 9.47 Å². The second kappa shape index (κ2) is 14.5. The van der Waals surface area contributed by atoms with Crippen LogP contribution in [-0.2, 0) is 27.1 Å². The molecule has 0 spiro atoms. The fourth-order valence-corrected chi connectivity index (χ4v) is 5.09. The summed E-state index contributed by atoms with van der Waals surface area (Å²) in [5.41, 5.74) is 4.08. The fraction of sp³-hybridized carbons (Fsp3) is 0.567. The summed E-state index contributed by atoms with van der Waals surface area (Å²) in [7, 11) is 1.42. The number of benzene rings is 2. The number of rotatable bonds is 14. The van der Waals surface area contributed by atoms with Gasteiger partial charge in [0, 0.05) is 19.0 Å². The number of hydrogen-bond acceptors (Lipinski definition) is 5. The van der Waals surface area contributed by atoms with E-state index < -0.39 is 6.10 Å². The van der Waals surface area contributed by atoms with Crippen LogP contribution in [0.3, 0.4) is 0 Å². The molecule has 0 radical (unpaired) electrons. The summed E-state index contributed by atoms with van der Waals surface area (Å²) in [6.45, 7) is 5.60. The number of carbonyl (C=O) groups is 1. The lowest BCUT2D eigenvalue weighted by Crippen LogP contribution is -2.39. The van der Waals surface area contributed by atoms with Crippen LogP contribution in [0, 0.1) is 12.7 Å². The van der Waals surface area contributed by atoms with Crippen LogP contribution in [0.25, 0.3) is 0 Å². The summed E-state index contributed by atoms with van der Waals surface area (Å²) in [5, 5.41) is 10.7. The minimum Gasteiger partial charge on any atom is -0.469 e. The highest BCUT2D eigenvalue weighted by atomic mass is 19.1. The lowest BCUT2D eigenvalue weighted by molar-refractivity contribution is -0.140. The van der Waals surface area contributed by atoms with Crippen molar-refractivity contribution >= 4 is 5.97 Å². The monoisotopic (exact) mass is 499 g/mol. The first-order valence-electron chi connectivity index (χ1n) is 13.3. The number of likely N-dealkylation sites (tertiary alicyclic amines) is 1. The third kappa shape index (κ3) is 8.68. The molecule has 2 aromatic carbocycles. The molecule has 2 aromatic rings. The van der Waals surface area contributed by atoms with Gasteiger partial charge in [-0.25, -0.2) is 4.39 Å². The summed E-state index contributed by atoms with van der Waals surface area (Å²) in [5.74, 6) is -0.304. The Morgan fingerprint density at radius 1 is 1.19 bits per heavy atom. The van der Waals surface area contributed by atoms with Crippen LogP contribution in [0.1, 0.15) is 73.8 Å². The molecule has 6 heteroatoms. The first-order valence-corrected chi connectivity index (χ1v) is 13.3. The average molecular weight is 500 g/mol. The third-order valence-corrected chi connectivity index (χ3v) is 7.24. The van der Waals surface area contributed by atoms with Crippen LogP contribution in [0.5, 0.6) is 0 Å². The lowest BCUT2D eigenvalue weighted by atomic mass is 9.98. The van der Waals surface area contributed by atoms with Gasteiger partial charge >= 0.3 is 5.97 Å². The van der Waals surface area contributed by atoms with E-state index in [0.29, 0.717) is 24.6 Å². The van der Waals surface area contributed by atoms with E-state index in [-0.39, 0.29) is 24.5 Å². The van der Waals surface area contributed by atoms with Crippen molar-refractivity contribution in [3.63, 3.8) is 0 Å². The number of halogens is 1. The molecule has 1 heterocycles. The van der Waals surface area contributed by atoms with Crippen molar-refractivity contribution in [2.24, 2.45) is 0 Å². The molecule has 1 aliphatic heterocycles. The van der Waals surface area contributed by atoms with Gasteiger partial charge < -0.3 is 14.6 Å². The van der Waals surface area contributed by atoms with E-state index in [9.17, 15) is 14.3 Å². The Hall–Kier alpha value is -2.28. The normalized spacial score (nSPS) is 17.8. The summed E-state index contributed by atoms with van der Waals surface area (Å²) in [6.07, 6.45) is 6.48. The molecule has 5 nitrogen and oxygen atoms in total. The van der Waals surface area contributed by atoms with Crippen molar-refractivity contribution < 1.29 is 23.8 Å². The Morgan fingerprint density at radius 3 is 2.78 bits per heavy atom. The van der Waals surface area contributed by atoms with E-state index >= 15 is 0 Å². The van der Waals surface area contributed by atoms with Gasteiger partial charge in [0.15, 0.2) is 0 Å². The topological polar surface area (TPSA) is 59.0 Å². The minimum atomic E-state index is -0.576. The maximum atomic E-state index is 14.0. The Morgan fingerprint density at radius 2 is 2.00 bits per heavy atom. The van der Waals surface area contributed by atoms with E-state index in [1.54, 1.807) is 13.0 Å². The van der Waals surface area contributed by atoms with Crippen LogP contribution >= 0.6 is 0 Å². The largest absolute Gasteiger partial charge is 0.469 e. The van der Waals surface area contributed by atoms with Crippen LogP contribution in [0.15, 0.2) is 42.5 Å². The smallest absolute Gasteiger partial charge is 0.305 e. The molecule has 3 rings (SSSR count). The number of carbonyl (C=O) groups excluding carboxylic acids is 1. The van der Waals surface area contributed by atoms with Gasteiger partial charge in [-0.2, -0.15) is 0 Å². The molecule has 1 N–H and O–H groups in total. The highest BCUT2D eigenvalue weighted by Crippen LogP contribution is 2.25. The molecule has 3 atom stereocenters. The molecule has 1 fully saturated rings. The lowest BCUT2D eigenvalue weighted by Gasteiger charge is -2.28. The number of methoxy groups -OCH3 is 1. The van der Waals surface area contributed by atoms with Gasteiger partial charge in [0.2, 0.25) is 0 Å². The zero-order valence-corrected chi connectivity index (χ0v) is 22.0. The second-order valence-electron chi connectivity index (χ2n) is 10.0. The van der Waals surface area contributed by atoms with Crippen molar-refractivity contribution in [3.8, 4) is 0 Å². The van der Waals surface area contributed by atoms with Gasteiger partial charge in [-0.3, -0.25) is 9.69 Å². The quantitative estimate of drug-likeness (QED) is 0.273. The number of esters is 1. The Kier molecular flexibility index (Phi) is 11.4. The van der Waals surface area contributed by atoms with Gasteiger partial charge in [-0.1, -0.05) is 42.8 Å². The highest BCUT2D eigenvalue weighted by Gasteiger charge is 2.27. The minimum absolute atomic E-state index is 0.115. The van der Waals surface area contributed by atoms with E-state index in [1.165, 1.54) is 12.7 Å². The highest BCUT2D eigenvalue weighted by molar-refractivity contribution is 5.68. The number of ether oxygens (including phenoxy) is 2. The maximum absolute atomic E-state index is 14.0.